The minimum absolute atomic E-state index is 0.290. The van der Waals surface area contributed by atoms with Crippen LogP contribution in [0, 0.1) is 0 Å². The van der Waals surface area contributed by atoms with Crippen molar-refractivity contribution in [3.05, 3.63) is 0 Å². The van der Waals surface area contributed by atoms with E-state index in [0.29, 0.717) is 11.6 Å². The Morgan fingerprint density at radius 2 is 2.00 bits per heavy atom. The van der Waals surface area contributed by atoms with Crippen LogP contribution in [-0.2, 0) is 0 Å². The monoisotopic (exact) mass is 198 g/mol. The van der Waals surface area contributed by atoms with Gasteiger partial charge in [-0.1, -0.05) is 6.92 Å². The first-order chi connectivity index (χ1) is 6.46. The second kappa shape index (κ2) is 4.63. The summed E-state index contributed by atoms with van der Waals surface area (Å²) in [7, 11) is 2.25. The number of nitrogens with one attached hydrogen (secondary N) is 1. The van der Waals surface area contributed by atoms with Gasteiger partial charge in [0, 0.05) is 24.2 Å². The number of rotatable bonds is 6. The molecule has 0 aromatic carbocycles. The van der Waals surface area contributed by atoms with E-state index in [1.54, 1.807) is 0 Å². The van der Waals surface area contributed by atoms with E-state index in [0.717, 1.165) is 12.6 Å². The zero-order valence-electron chi connectivity index (χ0n) is 10.4. The fraction of sp³-hybridized carbons (Fsp3) is 1.00. The Kier molecular flexibility index (Phi) is 3.96. The number of nitrogens with zero attached hydrogens (tertiary/aromatic N) is 1. The predicted molar refractivity (Wildman–Crippen MR) is 62.6 cm³/mol. The molecule has 2 heteroatoms. The normalized spacial score (nSPS) is 20.1. The van der Waals surface area contributed by atoms with Crippen molar-refractivity contribution < 1.29 is 0 Å². The van der Waals surface area contributed by atoms with Crippen LogP contribution in [0.25, 0.3) is 0 Å². The Balaban J connectivity index is 2.22. The molecule has 1 atom stereocenters. The maximum Gasteiger partial charge on any atom is 0.0192 e. The van der Waals surface area contributed by atoms with Crippen LogP contribution < -0.4 is 5.32 Å². The van der Waals surface area contributed by atoms with Gasteiger partial charge in [-0.05, 0) is 47.1 Å². The molecule has 0 spiro atoms. The first kappa shape index (κ1) is 12.0. The Labute approximate surface area is 89.1 Å². The Hall–Kier alpha value is -0.0800. The van der Waals surface area contributed by atoms with Crippen molar-refractivity contribution in [1.82, 2.24) is 10.2 Å². The van der Waals surface area contributed by atoms with Gasteiger partial charge in [-0.25, -0.2) is 0 Å². The second-order valence-electron chi connectivity index (χ2n) is 5.36. The molecule has 0 aromatic rings. The van der Waals surface area contributed by atoms with E-state index < -0.39 is 0 Å². The summed E-state index contributed by atoms with van der Waals surface area (Å²) in [6, 6.07) is 1.53. The van der Waals surface area contributed by atoms with E-state index >= 15 is 0 Å². The standard InChI is InChI=1S/C12H26N2/c1-6-12(3,4)13-9-10(2)14(5)11-7-8-11/h10-11,13H,6-9H2,1-5H3. The highest BCUT2D eigenvalue weighted by atomic mass is 15.2. The van der Waals surface area contributed by atoms with Crippen molar-refractivity contribution in [2.75, 3.05) is 13.6 Å². The molecule has 0 radical (unpaired) electrons. The molecule has 1 rings (SSSR count). The van der Waals surface area contributed by atoms with Crippen LogP contribution >= 0.6 is 0 Å². The van der Waals surface area contributed by atoms with Gasteiger partial charge in [0.1, 0.15) is 0 Å². The Bertz CT molecular complexity index is 173. The van der Waals surface area contributed by atoms with Crippen LogP contribution in [0.3, 0.4) is 0 Å². The zero-order chi connectivity index (χ0) is 10.8. The van der Waals surface area contributed by atoms with Crippen LogP contribution in [0.4, 0.5) is 0 Å². The first-order valence-corrected chi connectivity index (χ1v) is 5.93. The summed E-state index contributed by atoms with van der Waals surface area (Å²) in [5.74, 6) is 0. The molecular formula is C12H26N2. The van der Waals surface area contributed by atoms with E-state index in [4.69, 9.17) is 0 Å². The van der Waals surface area contributed by atoms with E-state index in [9.17, 15) is 0 Å². The van der Waals surface area contributed by atoms with Crippen LogP contribution in [0.15, 0.2) is 0 Å². The Morgan fingerprint density at radius 1 is 1.43 bits per heavy atom. The summed E-state index contributed by atoms with van der Waals surface area (Å²) >= 11 is 0. The smallest absolute Gasteiger partial charge is 0.0192 e. The lowest BCUT2D eigenvalue weighted by molar-refractivity contribution is 0.222. The molecule has 84 valence electrons. The molecule has 0 bridgehead atoms. The molecular weight excluding hydrogens is 172 g/mol. The molecule has 1 unspecified atom stereocenters. The molecule has 1 fully saturated rings. The van der Waals surface area contributed by atoms with Crippen LogP contribution in [0.1, 0.15) is 47.0 Å². The van der Waals surface area contributed by atoms with Gasteiger partial charge in [-0.3, -0.25) is 4.90 Å². The lowest BCUT2D eigenvalue weighted by Gasteiger charge is -2.30. The third-order valence-electron chi connectivity index (χ3n) is 3.58. The number of likely N-dealkylation sites (N-methyl/N-ethyl adjacent to an activating group) is 1. The quantitative estimate of drug-likeness (QED) is 0.704. The number of hydrogen-bond acceptors (Lipinski definition) is 2. The van der Waals surface area contributed by atoms with Crippen molar-refractivity contribution in [1.29, 1.82) is 0 Å². The van der Waals surface area contributed by atoms with Crippen molar-refractivity contribution in [3.8, 4) is 0 Å². The van der Waals surface area contributed by atoms with Gasteiger partial charge in [0.2, 0.25) is 0 Å². The Morgan fingerprint density at radius 3 is 2.43 bits per heavy atom. The van der Waals surface area contributed by atoms with Crippen LogP contribution in [-0.4, -0.2) is 36.1 Å². The topological polar surface area (TPSA) is 15.3 Å². The zero-order valence-corrected chi connectivity index (χ0v) is 10.4. The largest absolute Gasteiger partial charge is 0.310 e. The predicted octanol–water partition coefficient (Wildman–Crippen LogP) is 2.25. The van der Waals surface area contributed by atoms with Gasteiger partial charge in [0.05, 0.1) is 0 Å². The summed E-state index contributed by atoms with van der Waals surface area (Å²) in [6.07, 6.45) is 3.99. The van der Waals surface area contributed by atoms with Gasteiger partial charge in [-0.2, -0.15) is 0 Å². The molecule has 0 aromatic heterocycles. The molecule has 0 amide bonds. The van der Waals surface area contributed by atoms with Crippen LogP contribution in [0.5, 0.6) is 0 Å². The third-order valence-corrected chi connectivity index (χ3v) is 3.58. The maximum atomic E-state index is 3.63. The molecule has 14 heavy (non-hydrogen) atoms. The average Bonchev–Trinajstić information content (AvgIpc) is 2.96. The SMILES string of the molecule is CCC(C)(C)NCC(C)N(C)C1CC1. The summed E-state index contributed by atoms with van der Waals surface area (Å²) in [6.45, 7) is 10.2. The summed E-state index contributed by atoms with van der Waals surface area (Å²) in [5, 5.41) is 3.63. The fourth-order valence-corrected chi connectivity index (χ4v) is 1.53. The highest BCUT2D eigenvalue weighted by Gasteiger charge is 2.29. The maximum absolute atomic E-state index is 3.63. The average molecular weight is 198 g/mol. The molecule has 1 aliphatic carbocycles. The van der Waals surface area contributed by atoms with Gasteiger partial charge < -0.3 is 5.32 Å². The van der Waals surface area contributed by atoms with E-state index in [2.05, 4.69) is 45.0 Å². The number of hydrogen-bond donors (Lipinski definition) is 1. The summed E-state index contributed by atoms with van der Waals surface area (Å²) in [4.78, 5) is 2.51. The van der Waals surface area contributed by atoms with Crippen molar-refractivity contribution >= 4 is 0 Å². The van der Waals surface area contributed by atoms with Gasteiger partial charge in [0.25, 0.3) is 0 Å². The van der Waals surface area contributed by atoms with Gasteiger partial charge in [-0.15, -0.1) is 0 Å². The third kappa shape index (κ3) is 3.58. The summed E-state index contributed by atoms with van der Waals surface area (Å²) < 4.78 is 0. The second-order valence-corrected chi connectivity index (χ2v) is 5.36. The van der Waals surface area contributed by atoms with Crippen molar-refractivity contribution in [2.45, 2.75) is 64.6 Å². The molecule has 1 aliphatic rings. The molecule has 0 aliphatic heterocycles. The van der Waals surface area contributed by atoms with E-state index in [-0.39, 0.29) is 0 Å². The summed E-state index contributed by atoms with van der Waals surface area (Å²) in [5.41, 5.74) is 0.290. The fourth-order valence-electron chi connectivity index (χ4n) is 1.53. The van der Waals surface area contributed by atoms with Crippen LogP contribution in [0.2, 0.25) is 0 Å². The van der Waals surface area contributed by atoms with Gasteiger partial charge in [0.15, 0.2) is 0 Å². The lowest BCUT2D eigenvalue weighted by atomic mass is 10.0. The lowest BCUT2D eigenvalue weighted by Crippen LogP contribution is -2.47. The molecule has 2 nitrogen and oxygen atoms in total. The molecule has 1 N–H and O–H groups in total. The van der Waals surface area contributed by atoms with Crippen molar-refractivity contribution in [2.24, 2.45) is 0 Å². The minimum Gasteiger partial charge on any atom is -0.310 e. The minimum atomic E-state index is 0.290. The molecule has 0 saturated heterocycles. The van der Waals surface area contributed by atoms with E-state index in [1.807, 2.05) is 0 Å². The molecule has 1 saturated carbocycles. The van der Waals surface area contributed by atoms with E-state index in [1.165, 1.54) is 19.3 Å². The van der Waals surface area contributed by atoms with Crippen molar-refractivity contribution in [3.63, 3.8) is 0 Å². The highest BCUT2D eigenvalue weighted by molar-refractivity contribution is 4.87. The first-order valence-electron chi connectivity index (χ1n) is 5.93. The molecule has 0 heterocycles. The highest BCUT2D eigenvalue weighted by Crippen LogP contribution is 2.26. The van der Waals surface area contributed by atoms with Gasteiger partial charge >= 0.3 is 0 Å².